The predicted octanol–water partition coefficient (Wildman–Crippen LogP) is 3.62. The number of hydrogen-bond donors (Lipinski definition) is 2. The zero-order chi connectivity index (χ0) is 20.1. The summed E-state index contributed by atoms with van der Waals surface area (Å²) in [6.45, 7) is 6.02. The van der Waals surface area contributed by atoms with Crippen molar-refractivity contribution in [2.24, 2.45) is 5.92 Å². The third kappa shape index (κ3) is 4.17. The van der Waals surface area contributed by atoms with Gasteiger partial charge in [-0.25, -0.2) is 10.3 Å². The number of alkyl carbamates (subject to hydrolysis) is 1. The van der Waals surface area contributed by atoms with E-state index in [4.69, 9.17) is 9.57 Å². The minimum atomic E-state index is -0.734. The highest BCUT2D eigenvalue weighted by molar-refractivity contribution is 5.85. The lowest BCUT2D eigenvalue weighted by molar-refractivity contribution is -0.136. The van der Waals surface area contributed by atoms with E-state index in [0.717, 1.165) is 11.1 Å². The molecule has 1 aliphatic carbocycles. The molecule has 0 aliphatic heterocycles. The Balaban J connectivity index is 1.67. The minimum absolute atomic E-state index is 0.0205. The molecule has 2 N–H and O–H groups in total. The molecule has 2 aromatic carbocycles. The van der Waals surface area contributed by atoms with Crippen molar-refractivity contribution < 1.29 is 19.2 Å². The van der Waals surface area contributed by atoms with Gasteiger partial charge in [0.2, 0.25) is 0 Å². The fourth-order valence-corrected chi connectivity index (χ4v) is 3.51. The molecule has 0 radical (unpaired) electrons. The van der Waals surface area contributed by atoms with Crippen LogP contribution in [0, 0.1) is 5.92 Å². The summed E-state index contributed by atoms with van der Waals surface area (Å²) >= 11 is 0. The van der Waals surface area contributed by atoms with Crippen LogP contribution < -0.4 is 10.8 Å². The second-order valence-corrected chi connectivity index (χ2v) is 7.09. The molecule has 0 saturated heterocycles. The Hall–Kier alpha value is -2.86. The Kier molecular flexibility index (Phi) is 6.31. The Morgan fingerprint density at radius 1 is 1.00 bits per heavy atom. The highest BCUT2D eigenvalue weighted by Gasteiger charge is 2.30. The van der Waals surface area contributed by atoms with Crippen LogP contribution >= 0.6 is 0 Å². The van der Waals surface area contributed by atoms with E-state index in [2.05, 4.69) is 35.1 Å². The monoisotopic (exact) mass is 382 g/mol. The molecule has 0 heterocycles. The summed E-state index contributed by atoms with van der Waals surface area (Å²) in [6.07, 6.45) is -0.618. The number of rotatable bonds is 7. The quantitative estimate of drug-likeness (QED) is 0.717. The number of carbonyl (C=O) groups excluding carboxylic acids is 2. The van der Waals surface area contributed by atoms with Crippen LogP contribution in [0.1, 0.15) is 37.8 Å². The molecular weight excluding hydrogens is 356 g/mol. The largest absolute Gasteiger partial charge is 0.449 e. The van der Waals surface area contributed by atoms with Crippen molar-refractivity contribution in [3.8, 4) is 11.1 Å². The zero-order valence-corrected chi connectivity index (χ0v) is 16.4. The van der Waals surface area contributed by atoms with E-state index < -0.39 is 18.0 Å². The van der Waals surface area contributed by atoms with Crippen LogP contribution in [0.3, 0.4) is 0 Å². The van der Waals surface area contributed by atoms with Crippen LogP contribution in [-0.4, -0.2) is 31.3 Å². The van der Waals surface area contributed by atoms with Gasteiger partial charge in [0, 0.05) is 5.92 Å². The molecule has 2 amide bonds. The maximum atomic E-state index is 12.4. The van der Waals surface area contributed by atoms with E-state index in [-0.39, 0.29) is 18.4 Å². The molecule has 28 heavy (non-hydrogen) atoms. The van der Waals surface area contributed by atoms with Gasteiger partial charge in [-0.15, -0.1) is 0 Å². The molecule has 3 rings (SSSR count). The zero-order valence-electron chi connectivity index (χ0n) is 16.4. The summed E-state index contributed by atoms with van der Waals surface area (Å²) in [6, 6.07) is 15.6. The number of hydroxylamine groups is 1. The number of hydrogen-bond acceptors (Lipinski definition) is 4. The lowest BCUT2D eigenvalue weighted by Crippen LogP contribution is -2.49. The fourth-order valence-electron chi connectivity index (χ4n) is 3.51. The van der Waals surface area contributed by atoms with Crippen LogP contribution in [0.25, 0.3) is 11.1 Å². The smallest absolute Gasteiger partial charge is 0.407 e. The molecule has 2 aromatic rings. The molecule has 0 fully saturated rings. The molecule has 0 spiro atoms. The van der Waals surface area contributed by atoms with Crippen LogP contribution in [0.2, 0.25) is 0 Å². The van der Waals surface area contributed by atoms with E-state index in [9.17, 15) is 9.59 Å². The number of carbonyl (C=O) groups is 2. The van der Waals surface area contributed by atoms with Crippen molar-refractivity contribution in [2.75, 3.05) is 13.2 Å². The summed E-state index contributed by atoms with van der Waals surface area (Å²) in [7, 11) is 0. The number of fused-ring (bicyclic) bond motifs is 3. The Morgan fingerprint density at radius 3 is 2.11 bits per heavy atom. The van der Waals surface area contributed by atoms with Crippen molar-refractivity contribution in [3.05, 3.63) is 59.7 Å². The van der Waals surface area contributed by atoms with Gasteiger partial charge in [-0.1, -0.05) is 62.4 Å². The molecule has 6 nitrogen and oxygen atoms in total. The first-order valence-corrected chi connectivity index (χ1v) is 9.56. The summed E-state index contributed by atoms with van der Waals surface area (Å²) in [5.74, 6) is -0.529. The van der Waals surface area contributed by atoms with Gasteiger partial charge in [0.05, 0.1) is 6.61 Å². The molecule has 0 aromatic heterocycles. The van der Waals surface area contributed by atoms with Gasteiger partial charge in [-0.3, -0.25) is 9.63 Å². The third-order valence-corrected chi connectivity index (χ3v) is 4.88. The predicted molar refractivity (Wildman–Crippen MR) is 107 cm³/mol. The van der Waals surface area contributed by atoms with E-state index in [1.807, 2.05) is 38.1 Å². The first-order chi connectivity index (χ1) is 13.5. The summed E-state index contributed by atoms with van der Waals surface area (Å²) in [5, 5.41) is 2.64. The highest BCUT2D eigenvalue weighted by atomic mass is 16.6. The van der Waals surface area contributed by atoms with E-state index in [1.54, 1.807) is 6.92 Å². The van der Waals surface area contributed by atoms with Gasteiger partial charge < -0.3 is 10.1 Å². The van der Waals surface area contributed by atoms with E-state index >= 15 is 0 Å². The van der Waals surface area contributed by atoms with Crippen molar-refractivity contribution in [1.82, 2.24) is 10.8 Å². The molecule has 1 aliphatic rings. The summed E-state index contributed by atoms with van der Waals surface area (Å²) < 4.78 is 5.50. The normalized spacial score (nSPS) is 13.6. The van der Waals surface area contributed by atoms with Gasteiger partial charge in [-0.2, -0.15) is 0 Å². The van der Waals surface area contributed by atoms with Gasteiger partial charge in [-0.05, 0) is 35.1 Å². The molecule has 1 unspecified atom stereocenters. The molecular formula is C22H26N2O4. The standard InChI is InChI=1S/C22H26N2O4/c1-4-28-24-21(25)20(14(2)3)23-22(26)27-13-19-17-11-7-5-9-15(17)16-10-6-8-12-18(16)19/h5-12,14,19-20H,4,13H2,1-3H3,(H,23,26)(H,24,25). The van der Waals surface area contributed by atoms with Gasteiger partial charge in [0.1, 0.15) is 12.6 Å². The van der Waals surface area contributed by atoms with Crippen molar-refractivity contribution in [3.63, 3.8) is 0 Å². The summed E-state index contributed by atoms with van der Waals surface area (Å²) in [5.41, 5.74) is 6.96. The first kappa shape index (κ1) is 19.9. The summed E-state index contributed by atoms with van der Waals surface area (Å²) in [4.78, 5) is 29.5. The number of ether oxygens (including phenoxy) is 1. The number of amides is 2. The van der Waals surface area contributed by atoms with Gasteiger partial charge in [0.25, 0.3) is 5.91 Å². The van der Waals surface area contributed by atoms with Crippen molar-refractivity contribution in [1.29, 1.82) is 0 Å². The van der Waals surface area contributed by atoms with Crippen molar-refractivity contribution >= 4 is 12.0 Å². The fraction of sp³-hybridized carbons (Fsp3) is 0.364. The number of nitrogens with one attached hydrogen (secondary N) is 2. The second kappa shape index (κ2) is 8.89. The minimum Gasteiger partial charge on any atom is -0.449 e. The van der Waals surface area contributed by atoms with Crippen LogP contribution in [0.4, 0.5) is 4.79 Å². The SMILES string of the molecule is CCONC(=O)C(NC(=O)OCC1c2ccccc2-c2ccccc21)C(C)C. The molecule has 1 atom stereocenters. The lowest BCUT2D eigenvalue weighted by atomic mass is 9.98. The van der Waals surface area contributed by atoms with Gasteiger partial charge >= 0.3 is 6.09 Å². The van der Waals surface area contributed by atoms with Crippen molar-refractivity contribution in [2.45, 2.75) is 32.7 Å². The molecule has 0 bridgehead atoms. The first-order valence-electron chi connectivity index (χ1n) is 9.56. The Morgan fingerprint density at radius 2 is 1.57 bits per heavy atom. The number of benzene rings is 2. The average molecular weight is 382 g/mol. The van der Waals surface area contributed by atoms with E-state index in [1.165, 1.54) is 11.1 Å². The van der Waals surface area contributed by atoms with Gasteiger partial charge in [0.15, 0.2) is 0 Å². The maximum absolute atomic E-state index is 12.4. The Bertz CT molecular complexity index is 804. The topological polar surface area (TPSA) is 76.7 Å². The second-order valence-electron chi connectivity index (χ2n) is 7.09. The lowest BCUT2D eigenvalue weighted by Gasteiger charge is -2.22. The average Bonchev–Trinajstić information content (AvgIpc) is 3.02. The molecule has 0 saturated carbocycles. The van der Waals surface area contributed by atoms with Crippen LogP contribution in [-0.2, 0) is 14.4 Å². The highest BCUT2D eigenvalue weighted by Crippen LogP contribution is 2.44. The maximum Gasteiger partial charge on any atom is 0.407 e. The molecule has 148 valence electrons. The third-order valence-electron chi connectivity index (χ3n) is 4.88. The Labute approximate surface area is 165 Å². The van der Waals surface area contributed by atoms with Crippen LogP contribution in [0.5, 0.6) is 0 Å². The molecule has 6 heteroatoms. The van der Waals surface area contributed by atoms with Crippen LogP contribution in [0.15, 0.2) is 48.5 Å². The van der Waals surface area contributed by atoms with E-state index in [0.29, 0.717) is 6.61 Å².